The highest BCUT2D eigenvalue weighted by Crippen LogP contribution is 2.28. The highest BCUT2D eigenvalue weighted by Gasteiger charge is 2.15. The Morgan fingerprint density at radius 3 is 2.68 bits per heavy atom. The molecule has 0 aliphatic heterocycles. The van der Waals surface area contributed by atoms with Crippen molar-refractivity contribution >= 4 is 45.8 Å². The minimum absolute atomic E-state index is 0.229. The molecule has 31 heavy (non-hydrogen) atoms. The van der Waals surface area contributed by atoms with Crippen molar-refractivity contribution in [2.24, 2.45) is 0 Å². The first-order chi connectivity index (χ1) is 14.8. The third-order valence-corrected chi connectivity index (χ3v) is 5.35. The quantitative estimate of drug-likeness (QED) is 0.421. The molecule has 0 aliphatic carbocycles. The predicted molar refractivity (Wildman–Crippen MR) is 124 cm³/mol. The third-order valence-electron chi connectivity index (χ3n) is 4.80. The molecular weight excluding hydrogens is 435 g/mol. The van der Waals surface area contributed by atoms with Crippen molar-refractivity contribution in [3.63, 3.8) is 0 Å². The van der Waals surface area contributed by atoms with E-state index in [1.807, 2.05) is 45.0 Å². The van der Waals surface area contributed by atoms with Gasteiger partial charge in [0.25, 0.3) is 5.91 Å². The number of ether oxygens (including phenoxy) is 1. The molecule has 2 aromatic heterocycles. The number of halogens is 2. The average Bonchev–Trinajstić information content (AvgIpc) is 3.09. The van der Waals surface area contributed by atoms with Gasteiger partial charge in [-0.25, -0.2) is 4.98 Å². The van der Waals surface area contributed by atoms with E-state index in [9.17, 15) is 4.79 Å². The number of para-hydroxylation sites is 1. The maximum Gasteiger partial charge on any atom is 0.263 e. The Balaban J connectivity index is 1.59. The van der Waals surface area contributed by atoms with Crippen LogP contribution in [0.3, 0.4) is 0 Å². The Kier molecular flexibility index (Phi) is 5.85. The monoisotopic (exact) mass is 454 g/mol. The zero-order chi connectivity index (χ0) is 22.1. The summed E-state index contributed by atoms with van der Waals surface area (Å²) in [4.78, 5) is 17.3. The van der Waals surface area contributed by atoms with Gasteiger partial charge in [-0.3, -0.25) is 4.79 Å². The lowest BCUT2D eigenvalue weighted by atomic mass is 10.1. The van der Waals surface area contributed by atoms with Gasteiger partial charge in [-0.1, -0.05) is 41.4 Å². The van der Waals surface area contributed by atoms with Gasteiger partial charge < -0.3 is 10.1 Å². The van der Waals surface area contributed by atoms with Gasteiger partial charge in [0.05, 0.1) is 16.2 Å². The molecule has 1 N–H and O–H groups in total. The summed E-state index contributed by atoms with van der Waals surface area (Å²) >= 11 is 12.0. The highest BCUT2D eigenvalue weighted by atomic mass is 35.5. The molecule has 2 aromatic carbocycles. The first-order valence-corrected chi connectivity index (χ1v) is 10.4. The van der Waals surface area contributed by atoms with E-state index in [1.165, 1.54) is 0 Å². The Morgan fingerprint density at radius 1 is 1.06 bits per heavy atom. The van der Waals surface area contributed by atoms with E-state index in [4.69, 9.17) is 32.9 Å². The molecule has 0 unspecified atom stereocenters. The summed E-state index contributed by atoms with van der Waals surface area (Å²) in [5, 5.41) is 9.29. The number of aromatic nitrogens is 3. The summed E-state index contributed by atoms with van der Waals surface area (Å²) < 4.78 is 7.15. The zero-order valence-corrected chi connectivity index (χ0v) is 18.8. The fourth-order valence-corrected chi connectivity index (χ4v) is 3.66. The van der Waals surface area contributed by atoms with Crippen molar-refractivity contribution < 1.29 is 9.53 Å². The number of hydrogen-bond donors (Lipinski definition) is 1. The van der Waals surface area contributed by atoms with Crippen LogP contribution < -0.4 is 10.1 Å². The molecule has 0 saturated heterocycles. The number of aryl methyl sites for hydroxylation is 3. The van der Waals surface area contributed by atoms with Crippen LogP contribution in [0.2, 0.25) is 10.0 Å². The van der Waals surface area contributed by atoms with E-state index in [2.05, 4.69) is 10.4 Å². The summed E-state index contributed by atoms with van der Waals surface area (Å²) in [5.74, 6) is 1.12. The molecule has 0 bridgehead atoms. The van der Waals surface area contributed by atoms with E-state index in [1.54, 1.807) is 28.9 Å². The standard InChI is InChI=1S/C23H20Cl2N4O2/c1-13-5-4-6-17-14(2)9-20(27-23(13)17)29-21(10-15(3)28-29)26-22(30)12-31-19-11-16(24)7-8-18(19)25/h4-11H,12H2,1-3H3,(H,26,30). The first kappa shape index (κ1) is 21.2. The van der Waals surface area contributed by atoms with Gasteiger partial charge in [0.2, 0.25) is 0 Å². The molecule has 0 aliphatic rings. The average molecular weight is 455 g/mol. The van der Waals surface area contributed by atoms with E-state index in [-0.39, 0.29) is 12.5 Å². The van der Waals surface area contributed by atoms with Gasteiger partial charge in [-0.05, 0) is 50.1 Å². The lowest BCUT2D eigenvalue weighted by Gasteiger charge is -2.12. The SMILES string of the molecule is Cc1cc(NC(=O)COc2cc(Cl)ccc2Cl)n(-c2cc(C)c3cccc(C)c3n2)n1. The fourth-order valence-electron chi connectivity index (χ4n) is 3.33. The van der Waals surface area contributed by atoms with E-state index < -0.39 is 0 Å². The number of benzene rings is 2. The summed E-state index contributed by atoms with van der Waals surface area (Å²) in [6.07, 6.45) is 0. The normalized spacial score (nSPS) is 11.0. The second-order valence-electron chi connectivity index (χ2n) is 7.26. The van der Waals surface area contributed by atoms with E-state index in [0.717, 1.165) is 27.7 Å². The largest absolute Gasteiger partial charge is 0.482 e. The fraction of sp³-hybridized carbons (Fsp3) is 0.174. The molecule has 1 amide bonds. The summed E-state index contributed by atoms with van der Waals surface area (Å²) in [7, 11) is 0. The van der Waals surface area contributed by atoms with E-state index >= 15 is 0 Å². The number of amides is 1. The number of fused-ring (bicyclic) bond motifs is 1. The maximum atomic E-state index is 12.5. The number of rotatable bonds is 5. The Labute approximate surface area is 189 Å². The molecule has 0 radical (unpaired) electrons. The minimum atomic E-state index is -0.356. The van der Waals surface area contributed by atoms with Gasteiger partial charge in [0, 0.05) is 22.5 Å². The number of carbonyl (C=O) groups is 1. The van der Waals surface area contributed by atoms with E-state index in [0.29, 0.717) is 27.4 Å². The second-order valence-corrected chi connectivity index (χ2v) is 8.11. The van der Waals surface area contributed by atoms with Crippen molar-refractivity contribution in [3.05, 3.63) is 75.4 Å². The van der Waals surface area contributed by atoms with Crippen LogP contribution in [0, 0.1) is 20.8 Å². The molecular formula is C23H20Cl2N4O2. The topological polar surface area (TPSA) is 69.0 Å². The number of nitrogens with one attached hydrogen (secondary N) is 1. The van der Waals surface area contributed by atoms with Gasteiger partial charge in [0.1, 0.15) is 11.6 Å². The second kappa shape index (κ2) is 8.57. The van der Waals surface area contributed by atoms with Crippen LogP contribution in [0.1, 0.15) is 16.8 Å². The van der Waals surface area contributed by atoms with Gasteiger partial charge >= 0.3 is 0 Å². The van der Waals surface area contributed by atoms with Crippen LogP contribution >= 0.6 is 23.2 Å². The molecule has 4 rings (SSSR count). The number of carbonyl (C=O) groups excluding carboxylic acids is 1. The van der Waals surface area contributed by atoms with Crippen LogP contribution in [0.4, 0.5) is 5.82 Å². The molecule has 0 atom stereocenters. The van der Waals surface area contributed by atoms with Gasteiger partial charge in [-0.2, -0.15) is 9.78 Å². The van der Waals surface area contributed by atoms with Crippen molar-refractivity contribution in [2.45, 2.75) is 20.8 Å². The number of hydrogen-bond acceptors (Lipinski definition) is 4. The van der Waals surface area contributed by atoms with Crippen LogP contribution in [0.5, 0.6) is 5.75 Å². The number of anilines is 1. The van der Waals surface area contributed by atoms with Crippen LogP contribution in [0.25, 0.3) is 16.7 Å². The molecule has 0 spiro atoms. The Morgan fingerprint density at radius 2 is 1.87 bits per heavy atom. The molecule has 2 heterocycles. The summed E-state index contributed by atoms with van der Waals surface area (Å²) in [6.45, 7) is 5.68. The molecule has 158 valence electrons. The van der Waals surface area contributed by atoms with Crippen molar-refractivity contribution in [1.82, 2.24) is 14.8 Å². The smallest absolute Gasteiger partial charge is 0.263 e. The molecule has 6 nitrogen and oxygen atoms in total. The molecule has 8 heteroatoms. The highest BCUT2D eigenvalue weighted by molar-refractivity contribution is 6.34. The Hall–Kier alpha value is -3.09. The Bertz CT molecular complexity index is 1300. The lowest BCUT2D eigenvalue weighted by Crippen LogP contribution is -2.22. The van der Waals surface area contributed by atoms with Gasteiger partial charge in [-0.15, -0.1) is 0 Å². The van der Waals surface area contributed by atoms with Crippen LogP contribution in [-0.2, 0) is 4.79 Å². The number of nitrogens with zero attached hydrogens (tertiary/aromatic N) is 3. The minimum Gasteiger partial charge on any atom is -0.482 e. The predicted octanol–water partition coefficient (Wildman–Crippen LogP) is 5.67. The summed E-state index contributed by atoms with van der Waals surface area (Å²) in [6, 6.07) is 14.6. The van der Waals surface area contributed by atoms with Gasteiger partial charge in [0.15, 0.2) is 12.4 Å². The van der Waals surface area contributed by atoms with Crippen molar-refractivity contribution in [3.8, 4) is 11.6 Å². The zero-order valence-electron chi connectivity index (χ0n) is 17.2. The van der Waals surface area contributed by atoms with Crippen molar-refractivity contribution in [1.29, 1.82) is 0 Å². The molecule has 0 fully saturated rings. The maximum absolute atomic E-state index is 12.5. The number of pyridine rings is 1. The first-order valence-electron chi connectivity index (χ1n) is 9.63. The van der Waals surface area contributed by atoms with Crippen LogP contribution in [0.15, 0.2) is 48.5 Å². The van der Waals surface area contributed by atoms with Crippen LogP contribution in [-0.4, -0.2) is 27.3 Å². The lowest BCUT2D eigenvalue weighted by molar-refractivity contribution is -0.118. The third kappa shape index (κ3) is 4.50. The molecule has 0 saturated carbocycles. The summed E-state index contributed by atoms with van der Waals surface area (Å²) in [5.41, 5.74) is 3.80. The molecule has 4 aromatic rings. The van der Waals surface area contributed by atoms with Crippen molar-refractivity contribution in [2.75, 3.05) is 11.9 Å².